The summed E-state index contributed by atoms with van der Waals surface area (Å²) in [5.74, 6) is 1.15. The molecule has 0 aliphatic carbocycles. The molecule has 0 atom stereocenters. The van der Waals surface area contributed by atoms with E-state index in [9.17, 15) is 0 Å². The molecular formula is C20H35B. The summed E-state index contributed by atoms with van der Waals surface area (Å²) < 4.78 is 0. The van der Waals surface area contributed by atoms with E-state index in [1.54, 1.807) is 5.46 Å². The molecule has 0 amide bonds. The second-order valence-electron chi connectivity index (χ2n) is 9.32. The maximum atomic E-state index is 2.39. The Labute approximate surface area is 133 Å². The number of rotatable bonds is 3. The lowest BCUT2D eigenvalue weighted by atomic mass is 9.20. The van der Waals surface area contributed by atoms with E-state index in [1.807, 2.05) is 0 Å². The van der Waals surface area contributed by atoms with Crippen LogP contribution in [0.4, 0.5) is 0 Å². The van der Waals surface area contributed by atoms with Crippen molar-refractivity contribution >= 4 is 12.2 Å². The lowest BCUT2D eigenvalue weighted by Gasteiger charge is -2.41. The molecule has 0 aliphatic rings. The summed E-state index contributed by atoms with van der Waals surface area (Å²) in [5, 5.41) is 0.514. The third-order valence-corrected chi connectivity index (χ3v) is 4.44. The van der Waals surface area contributed by atoms with Crippen LogP contribution < -0.4 is 5.46 Å². The van der Waals surface area contributed by atoms with Gasteiger partial charge in [0.05, 0.1) is 0 Å². The normalized spacial score (nSPS) is 13.1. The summed E-state index contributed by atoms with van der Waals surface area (Å²) >= 11 is 0. The van der Waals surface area contributed by atoms with Crippen molar-refractivity contribution in [2.24, 2.45) is 0 Å². The van der Waals surface area contributed by atoms with Gasteiger partial charge in [-0.3, -0.25) is 0 Å². The molecule has 1 heteroatoms. The molecule has 21 heavy (non-hydrogen) atoms. The van der Waals surface area contributed by atoms with E-state index in [1.165, 1.54) is 11.1 Å². The van der Waals surface area contributed by atoms with Gasteiger partial charge in [-0.25, -0.2) is 0 Å². The largest absolute Gasteiger partial charge is 0.187 e. The number of hydrogen-bond donors (Lipinski definition) is 0. The van der Waals surface area contributed by atoms with E-state index in [4.69, 9.17) is 0 Å². The standard InChI is InChI=1S/C20H35B/c1-14(2)16-12-11-13-17(15(3)4)18(16)21(19(5,6)7)20(8,9)10/h11-15H,1-10H3. The summed E-state index contributed by atoms with van der Waals surface area (Å²) in [6.07, 6.45) is 0. The Balaban J connectivity index is 3.71. The average molecular weight is 286 g/mol. The molecule has 0 N–H and O–H groups in total. The molecule has 0 bridgehead atoms. The van der Waals surface area contributed by atoms with E-state index in [2.05, 4.69) is 87.4 Å². The van der Waals surface area contributed by atoms with Crippen molar-refractivity contribution in [3.63, 3.8) is 0 Å². The Kier molecular flexibility index (Phi) is 5.40. The van der Waals surface area contributed by atoms with Crippen molar-refractivity contribution in [1.29, 1.82) is 0 Å². The fourth-order valence-electron chi connectivity index (χ4n) is 4.11. The van der Waals surface area contributed by atoms with Gasteiger partial charge in [-0.1, -0.05) is 115 Å². The minimum Gasteiger partial charge on any atom is -0.0722 e. The summed E-state index contributed by atoms with van der Waals surface area (Å²) in [5.41, 5.74) is 4.69. The third kappa shape index (κ3) is 4.14. The Morgan fingerprint density at radius 1 is 0.714 bits per heavy atom. The predicted octanol–water partition coefficient (Wildman–Crippen LogP) is 6.24. The molecule has 0 radical (unpaired) electrons. The van der Waals surface area contributed by atoms with Gasteiger partial charge in [0.15, 0.2) is 6.71 Å². The zero-order valence-electron chi connectivity index (χ0n) is 16.0. The monoisotopic (exact) mass is 286 g/mol. The van der Waals surface area contributed by atoms with Crippen LogP contribution in [-0.4, -0.2) is 6.71 Å². The smallest absolute Gasteiger partial charge is 0.0722 e. The molecule has 0 saturated carbocycles. The van der Waals surface area contributed by atoms with Gasteiger partial charge < -0.3 is 0 Å². The van der Waals surface area contributed by atoms with Crippen LogP contribution in [0.2, 0.25) is 10.6 Å². The molecule has 0 aromatic heterocycles. The van der Waals surface area contributed by atoms with Gasteiger partial charge in [0.1, 0.15) is 0 Å². The van der Waals surface area contributed by atoms with Crippen LogP contribution in [0.5, 0.6) is 0 Å². The molecule has 0 fully saturated rings. The van der Waals surface area contributed by atoms with Crippen molar-refractivity contribution in [2.75, 3.05) is 0 Å². The lowest BCUT2D eigenvalue weighted by Crippen LogP contribution is -2.49. The minimum atomic E-state index is 0.257. The summed E-state index contributed by atoms with van der Waals surface area (Å²) in [6.45, 7) is 24.2. The first-order valence-electron chi connectivity index (χ1n) is 8.50. The zero-order valence-corrected chi connectivity index (χ0v) is 16.0. The summed E-state index contributed by atoms with van der Waals surface area (Å²) in [6, 6.07) is 6.93. The van der Waals surface area contributed by atoms with Crippen molar-refractivity contribution in [3.05, 3.63) is 29.3 Å². The van der Waals surface area contributed by atoms with Gasteiger partial charge in [-0.15, -0.1) is 0 Å². The van der Waals surface area contributed by atoms with Crippen LogP contribution in [0, 0.1) is 0 Å². The maximum Gasteiger partial charge on any atom is 0.187 e. The molecule has 0 heterocycles. The van der Waals surface area contributed by atoms with E-state index in [-0.39, 0.29) is 10.6 Å². The molecule has 0 saturated heterocycles. The number of benzene rings is 1. The fourth-order valence-corrected chi connectivity index (χ4v) is 4.11. The van der Waals surface area contributed by atoms with E-state index in [0.29, 0.717) is 18.5 Å². The Morgan fingerprint density at radius 2 is 1.05 bits per heavy atom. The van der Waals surface area contributed by atoms with Crippen LogP contribution in [0.1, 0.15) is 92.2 Å². The molecule has 0 unspecified atom stereocenters. The van der Waals surface area contributed by atoms with Crippen LogP contribution in [0.15, 0.2) is 18.2 Å². The first-order valence-corrected chi connectivity index (χ1v) is 8.50. The first kappa shape index (κ1) is 18.3. The van der Waals surface area contributed by atoms with Gasteiger partial charge in [-0.05, 0) is 11.8 Å². The highest BCUT2D eigenvalue weighted by molar-refractivity contribution is 6.79. The summed E-state index contributed by atoms with van der Waals surface area (Å²) in [4.78, 5) is 0. The molecule has 0 aliphatic heterocycles. The van der Waals surface area contributed by atoms with Crippen LogP contribution >= 0.6 is 0 Å². The van der Waals surface area contributed by atoms with Crippen molar-refractivity contribution in [1.82, 2.24) is 0 Å². The van der Waals surface area contributed by atoms with Gasteiger partial charge in [0.25, 0.3) is 0 Å². The van der Waals surface area contributed by atoms with Gasteiger partial charge in [0.2, 0.25) is 0 Å². The van der Waals surface area contributed by atoms with Crippen molar-refractivity contribution < 1.29 is 0 Å². The van der Waals surface area contributed by atoms with Gasteiger partial charge in [-0.2, -0.15) is 0 Å². The van der Waals surface area contributed by atoms with Crippen molar-refractivity contribution in [3.8, 4) is 0 Å². The second kappa shape index (κ2) is 6.19. The van der Waals surface area contributed by atoms with E-state index >= 15 is 0 Å². The van der Waals surface area contributed by atoms with E-state index in [0.717, 1.165) is 0 Å². The highest BCUT2D eigenvalue weighted by Crippen LogP contribution is 2.43. The summed E-state index contributed by atoms with van der Waals surface area (Å²) in [7, 11) is 0. The minimum absolute atomic E-state index is 0.257. The zero-order chi connectivity index (χ0) is 16.6. The second-order valence-corrected chi connectivity index (χ2v) is 9.32. The van der Waals surface area contributed by atoms with Crippen LogP contribution in [-0.2, 0) is 0 Å². The van der Waals surface area contributed by atoms with Gasteiger partial charge in [0, 0.05) is 0 Å². The predicted molar refractivity (Wildman–Crippen MR) is 99.4 cm³/mol. The number of hydrogen-bond acceptors (Lipinski definition) is 0. The molecular weight excluding hydrogens is 251 g/mol. The SMILES string of the molecule is CC(C)c1cccc(C(C)C)c1B(C(C)(C)C)C(C)(C)C. The Bertz CT molecular complexity index is 429. The molecule has 0 nitrogen and oxygen atoms in total. The van der Waals surface area contributed by atoms with Crippen LogP contribution in [0.25, 0.3) is 0 Å². The van der Waals surface area contributed by atoms with Crippen LogP contribution in [0.3, 0.4) is 0 Å². The molecule has 0 spiro atoms. The first-order chi connectivity index (χ1) is 9.37. The molecule has 1 rings (SSSR count). The maximum absolute atomic E-state index is 2.39. The fraction of sp³-hybridized carbons (Fsp3) is 0.700. The highest BCUT2D eigenvalue weighted by Gasteiger charge is 2.42. The van der Waals surface area contributed by atoms with Crippen molar-refractivity contribution in [2.45, 2.75) is 91.7 Å². The Hall–Kier alpha value is -0.715. The molecule has 118 valence electrons. The lowest BCUT2D eigenvalue weighted by molar-refractivity contribution is 0.651. The van der Waals surface area contributed by atoms with Gasteiger partial charge >= 0.3 is 0 Å². The molecule has 1 aromatic carbocycles. The van der Waals surface area contributed by atoms with E-state index < -0.39 is 0 Å². The Morgan fingerprint density at radius 3 is 1.29 bits per heavy atom. The highest BCUT2D eigenvalue weighted by atomic mass is 14.2. The average Bonchev–Trinajstić information content (AvgIpc) is 2.24. The quantitative estimate of drug-likeness (QED) is 0.577. The third-order valence-electron chi connectivity index (χ3n) is 4.44. The topological polar surface area (TPSA) is 0 Å². The molecule has 1 aromatic rings.